The van der Waals surface area contributed by atoms with E-state index in [4.69, 9.17) is 1.37 Å². The highest BCUT2D eigenvalue weighted by Crippen LogP contribution is 2.32. The van der Waals surface area contributed by atoms with Crippen molar-refractivity contribution in [3.05, 3.63) is 33.5 Å². The molecule has 1 aliphatic rings. The Hall–Kier alpha value is -1.32. The molecular formula is C12H16FNO2. The Balaban J connectivity index is 2.45. The first-order valence-corrected chi connectivity index (χ1v) is 5.58. The smallest absolute Gasteiger partial charge is 0.319 e. The second-order valence-corrected chi connectivity index (χ2v) is 4.36. The number of aryl methyl sites for hydroxylation is 1. The van der Waals surface area contributed by atoms with E-state index in [1.165, 1.54) is 12.5 Å². The zero-order valence-electron chi connectivity index (χ0n) is 10.1. The van der Waals surface area contributed by atoms with Crippen molar-refractivity contribution < 1.29 is 11.0 Å². The van der Waals surface area contributed by atoms with Crippen molar-refractivity contribution in [1.82, 2.24) is 4.73 Å². The Labute approximate surface area is 94.9 Å². The van der Waals surface area contributed by atoms with E-state index in [2.05, 4.69) is 0 Å². The third-order valence-electron chi connectivity index (χ3n) is 3.25. The molecule has 1 aromatic heterocycles. The molecular weight excluding hydrogens is 209 g/mol. The lowest BCUT2D eigenvalue weighted by atomic mass is 9.86. The summed E-state index contributed by atoms with van der Waals surface area (Å²) in [5, 5.41) is 9.65. The van der Waals surface area contributed by atoms with E-state index < -0.39 is 11.4 Å². The second kappa shape index (κ2) is 4.28. The van der Waals surface area contributed by atoms with Gasteiger partial charge in [0.25, 0.3) is 0 Å². The third kappa shape index (κ3) is 1.84. The van der Waals surface area contributed by atoms with Crippen LogP contribution in [0, 0.1) is 12.7 Å². The minimum absolute atomic E-state index is 0.0703. The van der Waals surface area contributed by atoms with E-state index in [1.807, 2.05) is 0 Å². The van der Waals surface area contributed by atoms with Crippen LogP contribution in [0.4, 0.5) is 4.39 Å². The van der Waals surface area contributed by atoms with Gasteiger partial charge in [0.2, 0.25) is 0 Å². The van der Waals surface area contributed by atoms with Gasteiger partial charge in [0.05, 0.1) is 5.69 Å². The van der Waals surface area contributed by atoms with Gasteiger partial charge in [0.1, 0.15) is 0 Å². The van der Waals surface area contributed by atoms with Crippen LogP contribution in [0.2, 0.25) is 0 Å². The van der Waals surface area contributed by atoms with Crippen LogP contribution in [-0.2, 0) is 0 Å². The molecule has 0 aliphatic heterocycles. The molecule has 0 radical (unpaired) electrons. The van der Waals surface area contributed by atoms with Gasteiger partial charge in [-0.25, -0.2) is 4.39 Å². The Bertz CT molecular complexity index is 466. The molecule has 3 nitrogen and oxygen atoms in total. The molecule has 0 unspecified atom stereocenters. The van der Waals surface area contributed by atoms with Crippen LogP contribution in [-0.4, -0.2) is 9.94 Å². The molecule has 0 spiro atoms. The molecule has 2 rings (SSSR count). The molecule has 0 amide bonds. The van der Waals surface area contributed by atoms with Crippen LogP contribution in [0.25, 0.3) is 0 Å². The molecule has 0 saturated heterocycles. The first kappa shape index (κ1) is 9.87. The van der Waals surface area contributed by atoms with Gasteiger partial charge in [-0.15, -0.1) is 4.73 Å². The fraction of sp³-hybridized carbons (Fsp3) is 0.583. The van der Waals surface area contributed by atoms with Gasteiger partial charge in [0.15, 0.2) is 5.82 Å². The largest absolute Gasteiger partial charge is 0.425 e. The molecule has 0 bridgehead atoms. The van der Waals surface area contributed by atoms with Gasteiger partial charge in [-0.2, -0.15) is 0 Å². The summed E-state index contributed by atoms with van der Waals surface area (Å²) in [5.74, 6) is -0.908. The third-order valence-corrected chi connectivity index (χ3v) is 3.25. The minimum atomic E-state index is -1.03. The van der Waals surface area contributed by atoms with E-state index in [1.54, 1.807) is 0 Å². The molecule has 1 N–H and O–H groups in total. The van der Waals surface area contributed by atoms with Gasteiger partial charge in [-0.1, -0.05) is 19.3 Å². The van der Waals surface area contributed by atoms with E-state index in [-0.39, 0.29) is 18.4 Å². The van der Waals surface area contributed by atoms with Crippen molar-refractivity contribution in [2.75, 3.05) is 0 Å². The highest BCUT2D eigenvalue weighted by atomic mass is 19.1. The predicted molar refractivity (Wildman–Crippen MR) is 58.4 cm³/mol. The van der Waals surface area contributed by atoms with Gasteiger partial charge in [-0.05, 0) is 31.4 Å². The Morgan fingerprint density at radius 3 is 2.81 bits per heavy atom. The monoisotopic (exact) mass is 226 g/mol. The number of aromatic nitrogens is 1. The fourth-order valence-electron chi connectivity index (χ4n) is 2.34. The standard InChI is InChI=1S/C12H16FNO2/c1-8-7-10(9-5-3-2-4-6-9)14(16)12(15)11(8)13/h7,9,16H,2-6H2,1H3/i1D. The quantitative estimate of drug-likeness (QED) is 0.748. The summed E-state index contributed by atoms with van der Waals surface area (Å²) in [6, 6.07) is 1.46. The normalized spacial score (nSPS) is 18.4. The summed E-state index contributed by atoms with van der Waals surface area (Å²) < 4.78 is 21.0. The van der Waals surface area contributed by atoms with Crippen molar-refractivity contribution in [3.8, 4) is 0 Å². The van der Waals surface area contributed by atoms with E-state index in [0.717, 1.165) is 25.7 Å². The number of halogens is 1. The van der Waals surface area contributed by atoms with Crippen LogP contribution in [0.3, 0.4) is 0 Å². The molecule has 1 aromatic rings. The lowest BCUT2D eigenvalue weighted by Gasteiger charge is -2.23. The summed E-state index contributed by atoms with van der Waals surface area (Å²) in [7, 11) is 0. The van der Waals surface area contributed by atoms with Gasteiger partial charge >= 0.3 is 5.56 Å². The maximum atomic E-state index is 13.4. The molecule has 1 saturated carbocycles. The fourth-order valence-corrected chi connectivity index (χ4v) is 2.34. The molecule has 1 fully saturated rings. The predicted octanol–water partition coefficient (Wildman–Crippen LogP) is 2.58. The number of nitrogens with zero attached hydrogens (tertiary/aromatic N) is 1. The van der Waals surface area contributed by atoms with Crippen molar-refractivity contribution in [2.24, 2.45) is 0 Å². The highest BCUT2D eigenvalue weighted by molar-refractivity contribution is 5.20. The number of hydrogen-bond donors (Lipinski definition) is 1. The number of pyridine rings is 1. The Morgan fingerprint density at radius 2 is 2.19 bits per heavy atom. The SMILES string of the molecule is [2H]Cc1cc(C2CCCCC2)n(O)c(=O)c1F. The highest BCUT2D eigenvalue weighted by Gasteiger charge is 2.21. The molecule has 88 valence electrons. The molecule has 16 heavy (non-hydrogen) atoms. The lowest BCUT2D eigenvalue weighted by molar-refractivity contribution is 0.152. The number of hydrogen-bond acceptors (Lipinski definition) is 2. The van der Waals surface area contributed by atoms with Crippen LogP contribution >= 0.6 is 0 Å². The van der Waals surface area contributed by atoms with E-state index in [0.29, 0.717) is 10.4 Å². The van der Waals surface area contributed by atoms with Gasteiger partial charge < -0.3 is 5.21 Å². The van der Waals surface area contributed by atoms with Crippen LogP contribution in [0.15, 0.2) is 10.9 Å². The summed E-state index contributed by atoms with van der Waals surface area (Å²) in [6.45, 7) is -0.276. The maximum Gasteiger partial charge on any atom is 0.319 e. The summed E-state index contributed by atoms with van der Waals surface area (Å²) >= 11 is 0. The average Bonchev–Trinajstić information content (AvgIpc) is 2.37. The van der Waals surface area contributed by atoms with Crippen molar-refractivity contribution in [3.63, 3.8) is 0 Å². The number of rotatable bonds is 1. The lowest BCUT2D eigenvalue weighted by Crippen LogP contribution is -2.27. The first-order valence-electron chi connectivity index (χ1n) is 6.28. The summed E-state index contributed by atoms with van der Waals surface area (Å²) in [6.07, 6.45) is 5.10. The molecule has 4 heteroatoms. The topological polar surface area (TPSA) is 42.2 Å². The van der Waals surface area contributed by atoms with E-state index in [9.17, 15) is 14.4 Å². The summed E-state index contributed by atoms with van der Waals surface area (Å²) in [5.41, 5.74) is -0.505. The molecule has 0 aromatic carbocycles. The maximum absolute atomic E-state index is 13.4. The van der Waals surface area contributed by atoms with E-state index >= 15 is 0 Å². The second-order valence-electron chi connectivity index (χ2n) is 4.36. The molecule has 1 heterocycles. The molecule has 1 aliphatic carbocycles. The first-order chi connectivity index (χ1) is 8.15. The van der Waals surface area contributed by atoms with Crippen LogP contribution < -0.4 is 5.56 Å². The minimum Gasteiger partial charge on any atom is -0.425 e. The summed E-state index contributed by atoms with van der Waals surface area (Å²) in [4.78, 5) is 11.5. The zero-order valence-corrected chi connectivity index (χ0v) is 9.08. The average molecular weight is 226 g/mol. The zero-order chi connectivity index (χ0) is 12.4. The van der Waals surface area contributed by atoms with Crippen LogP contribution in [0.1, 0.15) is 50.7 Å². The van der Waals surface area contributed by atoms with Crippen LogP contribution in [0.5, 0.6) is 0 Å². The van der Waals surface area contributed by atoms with Crippen molar-refractivity contribution >= 4 is 0 Å². The Morgan fingerprint density at radius 1 is 1.50 bits per heavy atom. The van der Waals surface area contributed by atoms with Crippen molar-refractivity contribution in [2.45, 2.75) is 44.9 Å². The molecule has 0 atom stereocenters. The van der Waals surface area contributed by atoms with Gasteiger partial charge in [-0.3, -0.25) is 4.79 Å². The van der Waals surface area contributed by atoms with Gasteiger partial charge in [0, 0.05) is 7.29 Å². The van der Waals surface area contributed by atoms with Crippen molar-refractivity contribution in [1.29, 1.82) is 0 Å². The Kier molecular flexibility index (Phi) is 2.64.